The fourth-order valence-corrected chi connectivity index (χ4v) is 3.16. The third kappa shape index (κ3) is 4.50. The van der Waals surface area contributed by atoms with Crippen molar-refractivity contribution in [2.24, 2.45) is 0 Å². The van der Waals surface area contributed by atoms with Crippen molar-refractivity contribution in [2.45, 2.75) is 6.42 Å². The molecule has 0 aliphatic carbocycles. The summed E-state index contributed by atoms with van der Waals surface area (Å²) in [6, 6.07) is 7.48. The van der Waals surface area contributed by atoms with Crippen LogP contribution in [0.4, 0.5) is 11.8 Å². The maximum atomic E-state index is 6.20. The third-order valence-corrected chi connectivity index (χ3v) is 4.73. The number of benzene rings is 1. The highest BCUT2D eigenvalue weighted by atomic mass is 35.5. The van der Waals surface area contributed by atoms with Crippen LogP contribution in [0.2, 0.25) is 10.0 Å². The maximum absolute atomic E-state index is 6.20. The van der Waals surface area contributed by atoms with Crippen LogP contribution in [0.5, 0.6) is 0 Å². The monoisotopic (exact) mass is 365 g/mol. The number of hydrogen-bond acceptors (Lipinski definition) is 5. The molecule has 2 heterocycles. The minimum absolute atomic E-state index is 0.657. The van der Waals surface area contributed by atoms with E-state index in [0.29, 0.717) is 10.0 Å². The lowest BCUT2D eigenvalue weighted by Gasteiger charge is -2.32. The topological polar surface area (TPSA) is 44.3 Å². The van der Waals surface area contributed by atoms with Crippen molar-refractivity contribution in [3.8, 4) is 0 Å². The number of aromatic nitrogens is 2. The molecule has 0 bridgehead atoms. The molecule has 1 saturated heterocycles. The maximum Gasteiger partial charge on any atom is 0.227 e. The van der Waals surface area contributed by atoms with Crippen molar-refractivity contribution in [1.82, 2.24) is 14.9 Å². The van der Waals surface area contributed by atoms with E-state index in [0.717, 1.165) is 56.5 Å². The fraction of sp³-hybridized carbons (Fsp3) is 0.412. The summed E-state index contributed by atoms with van der Waals surface area (Å²) in [7, 11) is 2.14. The first-order valence-corrected chi connectivity index (χ1v) is 8.82. The predicted octanol–water partition coefficient (Wildman–Crippen LogP) is 3.19. The second kappa shape index (κ2) is 8.01. The Morgan fingerprint density at radius 2 is 1.92 bits per heavy atom. The number of anilines is 2. The van der Waals surface area contributed by atoms with Crippen LogP contribution < -0.4 is 10.2 Å². The molecular formula is C17H21Cl2N5. The average Bonchev–Trinajstić information content (AvgIpc) is 2.58. The van der Waals surface area contributed by atoms with Crippen molar-refractivity contribution in [1.29, 1.82) is 0 Å². The number of piperazine rings is 1. The molecule has 7 heteroatoms. The fourth-order valence-electron chi connectivity index (χ4n) is 2.66. The van der Waals surface area contributed by atoms with Gasteiger partial charge in [0.2, 0.25) is 5.95 Å². The molecule has 1 aromatic carbocycles. The van der Waals surface area contributed by atoms with Crippen LogP contribution >= 0.6 is 23.2 Å². The minimum Gasteiger partial charge on any atom is -0.370 e. The Kier molecular flexibility index (Phi) is 5.76. The van der Waals surface area contributed by atoms with Gasteiger partial charge < -0.3 is 15.1 Å². The molecule has 0 unspecified atom stereocenters. The number of likely N-dealkylation sites (N-methyl/N-ethyl adjacent to an activating group) is 1. The quantitative estimate of drug-likeness (QED) is 0.881. The van der Waals surface area contributed by atoms with Crippen molar-refractivity contribution >= 4 is 35.0 Å². The van der Waals surface area contributed by atoms with E-state index in [9.17, 15) is 0 Å². The van der Waals surface area contributed by atoms with Crippen LogP contribution in [0.25, 0.3) is 0 Å². The van der Waals surface area contributed by atoms with E-state index in [2.05, 4.69) is 32.1 Å². The van der Waals surface area contributed by atoms with Gasteiger partial charge in [0.25, 0.3) is 0 Å². The van der Waals surface area contributed by atoms with Gasteiger partial charge in [0.1, 0.15) is 5.82 Å². The van der Waals surface area contributed by atoms with Gasteiger partial charge in [-0.3, -0.25) is 0 Å². The van der Waals surface area contributed by atoms with Gasteiger partial charge in [-0.1, -0.05) is 29.3 Å². The lowest BCUT2D eigenvalue weighted by Crippen LogP contribution is -2.45. The number of nitrogens with one attached hydrogen (secondary N) is 1. The summed E-state index contributed by atoms with van der Waals surface area (Å²) < 4.78 is 0. The Bertz CT molecular complexity index is 686. The molecule has 1 aliphatic rings. The molecule has 0 amide bonds. The van der Waals surface area contributed by atoms with Crippen LogP contribution in [0, 0.1) is 0 Å². The van der Waals surface area contributed by atoms with Gasteiger partial charge in [-0.25, -0.2) is 4.98 Å². The van der Waals surface area contributed by atoms with Crippen LogP contribution in [-0.4, -0.2) is 54.6 Å². The molecule has 1 aliphatic heterocycles. The summed E-state index contributed by atoms with van der Waals surface area (Å²) in [4.78, 5) is 13.6. The Labute approximate surface area is 152 Å². The molecule has 0 atom stereocenters. The summed E-state index contributed by atoms with van der Waals surface area (Å²) in [5, 5.41) is 4.70. The van der Waals surface area contributed by atoms with E-state index < -0.39 is 0 Å². The zero-order chi connectivity index (χ0) is 16.9. The van der Waals surface area contributed by atoms with Crippen molar-refractivity contribution < 1.29 is 0 Å². The van der Waals surface area contributed by atoms with E-state index >= 15 is 0 Å². The molecule has 0 saturated carbocycles. The molecule has 2 aromatic rings. The van der Waals surface area contributed by atoms with Gasteiger partial charge in [0, 0.05) is 49.0 Å². The highest BCUT2D eigenvalue weighted by molar-refractivity contribution is 6.35. The molecule has 3 rings (SSSR count). The Hall–Kier alpha value is -1.56. The van der Waals surface area contributed by atoms with Gasteiger partial charge in [-0.05, 0) is 37.2 Å². The molecule has 1 N–H and O–H groups in total. The van der Waals surface area contributed by atoms with E-state index in [-0.39, 0.29) is 0 Å². The highest BCUT2D eigenvalue weighted by Gasteiger charge is 2.16. The number of nitrogens with zero attached hydrogens (tertiary/aromatic N) is 4. The van der Waals surface area contributed by atoms with E-state index in [1.807, 2.05) is 18.2 Å². The molecule has 1 aromatic heterocycles. The minimum atomic E-state index is 0.657. The highest BCUT2D eigenvalue weighted by Crippen LogP contribution is 2.21. The summed E-state index contributed by atoms with van der Waals surface area (Å²) in [5.74, 6) is 1.63. The lowest BCUT2D eigenvalue weighted by atomic mass is 10.1. The van der Waals surface area contributed by atoms with Crippen LogP contribution in [0.3, 0.4) is 0 Å². The standard InChI is InChI=1S/C17H21Cl2N5/c1-23-8-10-24(11-9-23)17-21-7-5-16(22-17)20-6-4-13-2-3-14(18)12-15(13)19/h2-3,5,7,12H,4,6,8-11H2,1H3,(H,20,21,22). The Morgan fingerprint density at radius 1 is 1.12 bits per heavy atom. The van der Waals surface area contributed by atoms with Crippen molar-refractivity contribution in [3.05, 3.63) is 46.1 Å². The first-order valence-electron chi connectivity index (χ1n) is 8.06. The molecule has 24 heavy (non-hydrogen) atoms. The summed E-state index contributed by atoms with van der Waals surface area (Å²) in [5.41, 5.74) is 1.07. The second-order valence-corrected chi connectivity index (χ2v) is 6.79. The molecule has 128 valence electrons. The van der Waals surface area contributed by atoms with E-state index in [1.165, 1.54) is 0 Å². The Balaban J connectivity index is 1.56. The Morgan fingerprint density at radius 3 is 2.67 bits per heavy atom. The smallest absolute Gasteiger partial charge is 0.227 e. The molecule has 0 radical (unpaired) electrons. The zero-order valence-electron chi connectivity index (χ0n) is 13.7. The molecular weight excluding hydrogens is 345 g/mol. The first-order chi connectivity index (χ1) is 11.6. The molecule has 5 nitrogen and oxygen atoms in total. The van der Waals surface area contributed by atoms with Gasteiger partial charge in [0.05, 0.1) is 0 Å². The van der Waals surface area contributed by atoms with Gasteiger partial charge >= 0.3 is 0 Å². The third-order valence-electron chi connectivity index (χ3n) is 4.14. The molecule has 1 fully saturated rings. The van der Waals surface area contributed by atoms with Crippen LogP contribution in [-0.2, 0) is 6.42 Å². The average molecular weight is 366 g/mol. The summed E-state index contributed by atoms with van der Waals surface area (Å²) in [6.45, 7) is 4.74. The predicted molar refractivity (Wildman–Crippen MR) is 100 cm³/mol. The van der Waals surface area contributed by atoms with Crippen molar-refractivity contribution in [3.63, 3.8) is 0 Å². The number of halogens is 2. The summed E-state index contributed by atoms with van der Waals surface area (Å²) >= 11 is 12.1. The molecule has 0 spiro atoms. The second-order valence-electron chi connectivity index (χ2n) is 5.94. The summed E-state index contributed by atoms with van der Waals surface area (Å²) in [6.07, 6.45) is 2.61. The lowest BCUT2D eigenvalue weighted by molar-refractivity contribution is 0.311. The van der Waals surface area contributed by atoms with Crippen molar-refractivity contribution in [2.75, 3.05) is 50.0 Å². The normalized spacial score (nSPS) is 15.5. The van der Waals surface area contributed by atoms with Gasteiger partial charge in [-0.2, -0.15) is 4.98 Å². The van der Waals surface area contributed by atoms with E-state index in [1.54, 1.807) is 12.3 Å². The largest absolute Gasteiger partial charge is 0.370 e. The number of hydrogen-bond donors (Lipinski definition) is 1. The number of rotatable bonds is 5. The SMILES string of the molecule is CN1CCN(c2nccc(NCCc3ccc(Cl)cc3Cl)n2)CC1. The van der Waals surface area contributed by atoms with Gasteiger partial charge in [0.15, 0.2) is 0 Å². The zero-order valence-corrected chi connectivity index (χ0v) is 15.2. The van der Waals surface area contributed by atoms with Gasteiger partial charge in [-0.15, -0.1) is 0 Å². The van der Waals surface area contributed by atoms with E-state index in [4.69, 9.17) is 23.2 Å². The van der Waals surface area contributed by atoms with Crippen LogP contribution in [0.15, 0.2) is 30.5 Å². The first kappa shape index (κ1) is 17.3. The van der Waals surface area contributed by atoms with Crippen LogP contribution in [0.1, 0.15) is 5.56 Å².